The molecule has 7 nitrogen and oxygen atoms in total. The van der Waals surface area contributed by atoms with E-state index in [9.17, 15) is 8.42 Å². The van der Waals surface area contributed by atoms with Crippen molar-refractivity contribution in [3.63, 3.8) is 0 Å². The number of benzene rings is 2. The summed E-state index contributed by atoms with van der Waals surface area (Å²) in [7, 11) is -3.76. The summed E-state index contributed by atoms with van der Waals surface area (Å²) in [6, 6.07) is 16.4. The van der Waals surface area contributed by atoms with Gasteiger partial charge in [0.2, 0.25) is 10.0 Å². The Hall–Kier alpha value is -1.20. The van der Waals surface area contributed by atoms with Crippen LogP contribution in [0.15, 0.2) is 64.0 Å². The fourth-order valence-electron chi connectivity index (χ4n) is 4.40. The SMILES string of the molecule is NS(=O)(=O)c1ccc(-c2c(-c3ccccc3)noc2CCCCCCCN(CC[S-])CC[N-]CC[S-])cc1.[Zn]. The Morgan fingerprint density at radius 2 is 1.51 bits per heavy atom. The van der Waals surface area contributed by atoms with Gasteiger partial charge in [-0.2, -0.15) is 18.1 Å². The van der Waals surface area contributed by atoms with Crippen molar-refractivity contribution in [1.82, 2.24) is 10.1 Å². The predicted octanol–water partition coefficient (Wildman–Crippen LogP) is 4.92. The standard InChI is InChI=1S/C28H39N4O3S3.Zn/c29-38(33,34)25-14-12-23(13-15-25)27-26(35-31-28(27)24-9-5-4-6-10-24)11-7-2-1-3-8-18-32(20-22-37)19-16-30-17-21-36;/h4-6,9-10,12-15,36-37H,1-3,7-8,11,16-22H2,(H2,29,33,34);/q-1;/p-2. The van der Waals surface area contributed by atoms with Crippen molar-refractivity contribution in [3.8, 4) is 22.4 Å². The Kier molecular flexibility index (Phi) is 15.9. The fraction of sp³-hybridized carbons (Fsp3) is 0.464. The van der Waals surface area contributed by atoms with Gasteiger partial charge in [-0.1, -0.05) is 66.9 Å². The number of hydrogen-bond donors (Lipinski definition) is 1. The van der Waals surface area contributed by atoms with Crippen molar-refractivity contribution in [2.75, 3.05) is 44.2 Å². The molecule has 0 amide bonds. The van der Waals surface area contributed by atoms with Crippen molar-refractivity contribution in [2.24, 2.45) is 5.14 Å². The van der Waals surface area contributed by atoms with Crippen molar-refractivity contribution in [1.29, 1.82) is 0 Å². The molecule has 0 saturated carbocycles. The van der Waals surface area contributed by atoms with Gasteiger partial charge in [0.15, 0.2) is 0 Å². The monoisotopic (exact) mass is 637 g/mol. The zero-order chi connectivity index (χ0) is 27.2. The maximum Gasteiger partial charge on any atom is 0.238 e. The van der Waals surface area contributed by atoms with Crippen molar-refractivity contribution < 1.29 is 32.4 Å². The molecule has 0 spiro atoms. The van der Waals surface area contributed by atoms with Crippen LogP contribution < -0.4 is 5.14 Å². The largest absolute Gasteiger partial charge is 0.794 e. The molecule has 11 heteroatoms. The van der Waals surface area contributed by atoms with Gasteiger partial charge in [0.25, 0.3) is 0 Å². The Labute approximate surface area is 257 Å². The van der Waals surface area contributed by atoms with E-state index in [1.54, 1.807) is 12.1 Å². The van der Waals surface area contributed by atoms with E-state index in [0.29, 0.717) is 5.75 Å². The Morgan fingerprint density at radius 3 is 2.18 bits per heavy atom. The summed E-state index contributed by atoms with van der Waals surface area (Å²) >= 11 is 10.1. The first-order chi connectivity index (χ1) is 18.4. The van der Waals surface area contributed by atoms with Crippen LogP contribution in [-0.4, -0.2) is 62.7 Å². The number of nitrogens with zero attached hydrogens (tertiary/aromatic N) is 3. The summed E-state index contributed by atoms with van der Waals surface area (Å²) in [4.78, 5) is 2.49. The van der Waals surface area contributed by atoms with E-state index in [1.807, 2.05) is 30.3 Å². The van der Waals surface area contributed by atoms with E-state index in [1.165, 1.54) is 18.6 Å². The first-order valence-corrected chi connectivity index (χ1v) is 15.8. The van der Waals surface area contributed by atoms with E-state index in [0.717, 1.165) is 98.7 Å². The van der Waals surface area contributed by atoms with Crippen LogP contribution >= 0.6 is 0 Å². The Bertz CT molecular complexity index is 1190. The van der Waals surface area contributed by atoms with Crippen molar-refractivity contribution >= 4 is 35.3 Å². The molecule has 0 atom stereocenters. The number of hydrogen-bond acceptors (Lipinski definition) is 7. The summed E-state index contributed by atoms with van der Waals surface area (Å²) < 4.78 is 29.2. The van der Waals surface area contributed by atoms with E-state index in [2.05, 4.69) is 15.4 Å². The molecule has 3 rings (SSSR count). The minimum Gasteiger partial charge on any atom is -0.794 e. The van der Waals surface area contributed by atoms with Crippen LogP contribution in [0.2, 0.25) is 0 Å². The number of sulfonamides is 1. The third kappa shape index (κ3) is 11.3. The van der Waals surface area contributed by atoms with Crippen LogP contribution in [0.1, 0.15) is 37.9 Å². The smallest absolute Gasteiger partial charge is 0.238 e. The van der Waals surface area contributed by atoms with Gasteiger partial charge >= 0.3 is 0 Å². The minimum absolute atomic E-state index is 0. The second-order valence-electron chi connectivity index (χ2n) is 9.20. The molecule has 210 valence electrons. The molecule has 0 unspecified atom stereocenters. The summed E-state index contributed by atoms with van der Waals surface area (Å²) in [6.07, 6.45) is 6.32. The van der Waals surface area contributed by atoms with Crippen LogP contribution in [0.5, 0.6) is 0 Å². The maximum atomic E-state index is 11.7. The quantitative estimate of drug-likeness (QED) is 0.120. The third-order valence-corrected chi connectivity index (χ3v) is 7.69. The molecule has 0 aliphatic carbocycles. The summed E-state index contributed by atoms with van der Waals surface area (Å²) in [5.74, 6) is 2.25. The molecular weight excluding hydrogens is 602 g/mol. The first-order valence-electron chi connectivity index (χ1n) is 13.1. The van der Waals surface area contributed by atoms with E-state index in [-0.39, 0.29) is 24.4 Å². The van der Waals surface area contributed by atoms with Gasteiger partial charge in [0.1, 0.15) is 11.5 Å². The van der Waals surface area contributed by atoms with Gasteiger partial charge in [-0.15, -0.1) is 6.54 Å². The number of aromatic nitrogens is 1. The van der Waals surface area contributed by atoms with E-state index < -0.39 is 10.0 Å². The molecule has 0 saturated heterocycles. The molecular formula is C28H37N4O3S3Zn-3. The zero-order valence-electron chi connectivity index (χ0n) is 22.5. The predicted molar refractivity (Wildman–Crippen MR) is 160 cm³/mol. The molecule has 1 aromatic heterocycles. The Morgan fingerprint density at radius 1 is 0.821 bits per heavy atom. The zero-order valence-corrected chi connectivity index (χ0v) is 27.9. The number of rotatable bonds is 18. The van der Waals surface area contributed by atoms with Gasteiger partial charge in [-0.3, -0.25) is 0 Å². The average Bonchev–Trinajstić information content (AvgIpc) is 3.34. The summed E-state index contributed by atoms with van der Waals surface area (Å²) in [5, 5.41) is 14.1. The number of primary sulfonamides is 1. The van der Waals surface area contributed by atoms with Crippen LogP contribution in [0, 0.1) is 0 Å². The molecule has 2 aromatic carbocycles. The normalized spacial score (nSPS) is 11.6. The molecule has 1 heterocycles. The molecule has 39 heavy (non-hydrogen) atoms. The molecule has 0 radical (unpaired) electrons. The molecule has 0 aliphatic rings. The second-order valence-corrected chi connectivity index (χ2v) is 11.6. The van der Waals surface area contributed by atoms with Crippen LogP contribution in [0.3, 0.4) is 0 Å². The van der Waals surface area contributed by atoms with Crippen LogP contribution in [0.4, 0.5) is 0 Å². The second kappa shape index (κ2) is 18.3. The van der Waals surface area contributed by atoms with Crippen LogP contribution in [0.25, 0.3) is 27.7 Å². The first kappa shape index (κ1) is 34.0. The average molecular weight is 639 g/mol. The van der Waals surface area contributed by atoms with E-state index in [4.69, 9.17) is 34.9 Å². The van der Waals surface area contributed by atoms with Crippen LogP contribution in [-0.2, 0) is 61.2 Å². The molecule has 2 N–H and O–H groups in total. The molecule has 0 bridgehead atoms. The van der Waals surface area contributed by atoms with E-state index >= 15 is 0 Å². The van der Waals surface area contributed by atoms with Crippen molar-refractivity contribution in [3.05, 3.63) is 65.7 Å². The fourth-order valence-corrected chi connectivity index (χ4v) is 5.30. The Balaban J connectivity index is 0.00000533. The topological polar surface area (TPSA) is 104 Å². The summed E-state index contributed by atoms with van der Waals surface area (Å²) in [5.41, 5.74) is 3.46. The van der Waals surface area contributed by atoms with Gasteiger partial charge in [-0.25, -0.2) is 13.6 Å². The van der Waals surface area contributed by atoms with Gasteiger partial charge < -0.3 is 40.0 Å². The number of aryl methyl sites for hydroxylation is 1. The molecule has 0 aliphatic heterocycles. The number of unbranched alkanes of at least 4 members (excludes halogenated alkanes) is 4. The van der Waals surface area contributed by atoms with Gasteiger partial charge in [0, 0.05) is 31.5 Å². The van der Waals surface area contributed by atoms with Crippen molar-refractivity contribution in [2.45, 2.75) is 43.4 Å². The van der Waals surface area contributed by atoms with Gasteiger partial charge in [-0.05, 0) is 50.2 Å². The third-order valence-electron chi connectivity index (χ3n) is 6.39. The molecule has 0 fully saturated rings. The number of nitrogens with two attached hydrogens (primary N) is 1. The molecule has 3 aromatic rings. The van der Waals surface area contributed by atoms with Gasteiger partial charge in [0.05, 0.1) is 10.5 Å². The maximum absolute atomic E-state index is 11.7. The minimum atomic E-state index is -3.76. The summed E-state index contributed by atoms with van der Waals surface area (Å²) in [6.45, 7) is 4.55.